The molecular weight excluding hydrogens is 278 g/mol. The molecule has 0 amide bonds. The Hall–Kier alpha value is -1.99. The van der Waals surface area contributed by atoms with Gasteiger partial charge in [-0.15, -0.1) is 0 Å². The van der Waals surface area contributed by atoms with E-state index in [0.717, 1.165) is 0 Å². The van der Waals surface area contributed by atoms with E-state index in [1.165, 1.54) is 23.6 Å². The maximum atomic E-state index is 12.5. The molecule has 0 spiro atoms. The van der Waals surface area contributed by atoms with Gasteiger partial charge in [0.1, 0.15) is 10.6 Å². The van der Waals surface area contributed by atoms with Crippen molar-refractivity contribution in [1.82, 2.24) is 4.98 Å². The van der Waals surface area contributed by atoms with Gasteiger partial charge in [-0.25, -0.2) is 8.42 Å². The van der Waals surface area contributed by atoms with Crippen molar-refractivity contribution in [3.63, 3.8) is 0 Å². The number of methoxy groups -OCH3 is 1. The fourth-order valence-electron chi connectivity index (χ4n) is 1.77. The van der Waals surface area contributed by atoms with Crippen molar-refractivity contribution in [1.29, 1.82) is 0 Å². The molecule has 108 valence electrons. The SMILES string of the molecule is COc1ccc(N(C)S(=O)(=O)c2c[nH]c(CN)c2)cc1. The minimum atomic E-state index is -3.60. The molecule has 0 aliphatic rings. The zero-order chi connectivity index (χ0) is 14.8. The summed E-state index contributed by atoms with van der Waals surface area (Å²) in [6, 6.07) is 8.34. The molecule has 7 heteroatoms. The summed E-state index contributed by atoms with van der Waals surface area (Å²) in [5, 5.41) is 0. The maximum absolute atomic E-state index is 12.5. The number of sulfonamides is 1. The Labute approximate surface area is 118 Å². The van der Waals surface area contributed by atoms with Gasteiger partial charge in [-0.1, -0.05) is 0 Å². The molecular formula is C13H17N3O3S. The van der Waals surface area contributed by atoms with Crippen LogP contribution in [0.4, 0.5) is 5.69 Å². The number of hydrogen-bond donors (Lipinski definition) is 2. The van der Waals surface area contributed by atoms with Crippen LogP contribution in [0.2, 0.25) is 0 Å². The zero-order valence-electron chi connectivity index (χ0n) is 11.3. The van der Waals surface area contributed by atoms with Crippen molar-refractivity contribution in [3.8, 4) is 5.75 Å². The standard InChI is InChI=1S/C13H17N3O3S/c1-16(11-3-5-12(19-2)6-4-11)20(17,18)13-7-10(8-14)15-9-13/h3-7,9,15H,8,14H2,1-2H3. The number of ether oxygens (including phenoxy) is 1. The lowest BCUT2D eigenvalue weighted by Crippen LogP contribution is -2.26. The summed E-state index contributed by atoms with van der Waals surface area (Å²) in [7, 11) is -0.530. The highest BCUT2D eigenvalue weighted by atomic mass is 32.2. The number of aromatic amines is 1. The van der Waals surface area contributed by atoms with Gasteiger partial charge in [0.2, 0.25) is 0 Å². The summed E-state index contributed by atoms with van der Waals surface area (Å²) in [5.74, 6) is 0.673. The van der Waals surface area contributed by atoms with Crippen LogP contribution >= 0.6 is 0 Å². The molecule has 20 heavy (non-hydrogen) atoms. The summed E-state index contributed by atoms with van der Waals surface area (Å²) in [6.07, 6.45) is 1.44. The number of benzene rings is 1. The first-order valence-corrected chi connectivity index (χ1v) is 7.43. The highest BCUT2D eigenvalue weighted by Crippen LogP contribution is 2.24. The third-order valence-corrected chi connectivity index (χ3v) is 4.79. The van der Waals surface area contributed by atoms with E-state index in [0.29, 0.717) is 17.1 Å². The molecule has 0 saturated heterocycles. The monoisotopic (exact) mass is 295 g/mol. The second kappa shape index (κ2) is 5.56. The van der Waals surface area contributed by atoms with Crippen LogP contribution in [-0.4, -0.2) is 27.6 Å². The molecule has 0 unspecified atom stereocenters. The van der Waals surface area contributed by atoms with E-state index < -0.39 is 10.0 Å². The molecule has 0 bridgehead atoms. The van der Waals surface area contributed by atoms with Gasteiger partial charge in [0.25, 0.3) is 10.0 Å². The quantitative estimate of drug-likeness (QED) is 0.870. The molecule has 0 atom stereocenters. The topological polar surface area (TPSA) is 88.4 Å². The van der Waals surface area contributed by atoms with Gasteiger partial charge in [0.05, 0.1) is 12.8 Å². The third-order valence-electron chi connectivity index (χ3n) is 3.03. The first kappa shape index (κ1) is 14.4. The molecule has 1 heterocycles. The highest BCUT2D eigenvalue weighted by Gasteiger charge is 2.22. The predicted octanol–water partition coefficient (Wildman–Crippen LogP) is 1.31. The molecule has 3 N–H and O–H groups in total. The smallest absolute Gasteiger partial charge is 0.265 e. The average molecular weight is 295 g/mol. The number of anilines is 1. The molecule has 0 radical (unpaired) electrons. The van der Waals surface area contributed by atoms with E-state index in [-0.39, 0.29) is 11.4 Å². The normalized spacial score (nSPS) is 11.3. The average Bonchev–Trinajstić information content (AvgIpc) is 2.96. The van der Waals surface area contributed by atoms with Gasteiger partial charge in [-0.3, -0.25) is 4.31 Å². The Morgan fingerprint density at radius 3 is 2.45 bits per heavy atom. The van der Waals surface area contributed by atoms with Crippen molar-refractivity contribution in [3.05, 3.63) is 42.2 Å². The van der Waals surface area contributed by atoms with Gasteiger partial charge in [0.15, 0.2) is 0 Å². The Bertz CT molecular complexity index is 677. The summed E-state index contributed by atoms with van der Waals surface area (Å²) in [4.78, 5) is 3.03. The Morgan fingerprint density at radius 2 is 1.95 bits per heavy atom. The lowest BCUT2D eigenvalue weighted by atomic mass is 10.3. The highest BCUT2D eigenvalue weighted by molar-refractivity contribution is 7.92. The molecule has 1 aromatic heterocycles. The number of nitrogens with two attached hydrogens (primary N) is 1. The van der Waals surface area contributed by atoms with E-state index in [4.69, 9.17) is 10.5 Å². The first-order chi connectivity index (χ1) is 9.48. The summed E-state index contributed by atoms with van der Waals surface area (Å²) in [6.45, 7) is 0.266. The zero-order valence-corrected chi connectivity index (χ0v) is 12.1. The number of H-pyrrole nitrogens is 1. The number of nitrogens with one attached hydrogen (secondary N) is 1. The summed E-state index contributed by atoms with van der Waals surface area (Å²) in [5.41, 5.74) is 6.70. The van der Waals surface area contributed by atoms with Crippen LogP contribution in [0.15, 0.2) is 41.4 Å². The van der Waals surface area contributed by atoms with E-state index >= 15 is 0 Å². The second-order valence-electron chi connectivity index (χ2n) is 4.24. The van der Waals surface area contributed by atoms with Crippen LogP contribution in [0.3, 0.4) is 0 Å². The van der Waals surface area contributed by atoms with Gasteiger partial charge >= 0.3 is 0 Å². The van der Waals surface area contributed by atoms with Crippen molar-refractivity contribution >= 4 is 15.7 Å². The van der Waals surface area contributed by atoms with Gasteiger partial charge in [-0.05, 0) is 30.3 Å². The first-order valence-electron chi connectivity index (χ1n) is 5.99. The number of rotatable bonds is 5. The fraction of sp³-hybridized carbons (Fsp3) is 0.231. The maximum Gasteiger partial charge on any atom is 0.265 e. The van der Waals surface area contributed by atoms with Crippen LogP contribution in [0.5, 0.6) is 5.75 Å². The van der Waals surface area contributed by atoms with Gasteiger partial charge in [0, 0.05) is 25.5 Å². The van der Waals surface area contributed by atoms with Crippen LogP contribution < -0.4 is 14.8 Å². The molecule has 6 nitrogen and oxygen atoms in total. The third kappa shape index (κ3) is 2.63. The van der Waals surface area contributed by atoms with E-state index in [1.54, 1.807) is 31.4 Å². The summed E-state index contributed by atoms with van der Waals surface area (Å²) < 4.78 is 31.2. The molecule has 2 aromatic rings. The Kier molecular flexibility index (Phi) is 4.01. The molecule has 0 aliphatic heterocycles. The largest absolute Gasteiger partial charge is 0.497 e. The van der Waals surface area contributed by atoms with Crippen LogP contribution in [0, 0.1) is 0 Å². The van der Waals surface area contributed by atoms with Crippen molar-refractivity contribution < 1.29 is 13.2 Å². The number of nitrogens with zero attached hydrogens (tertiary/aromatic N) is 1. The molecule has 0 aliphatic carbocycles. The number of hydrogen-bond acceptors (Lipinski definition) is 4. The molecule has 0 fully saturated rings. The second-order valence-corrected chi connectivity index (χ2v) is 6.20. The minimum absolute atomic E-state index is 0.191. The number of aromatic nitrogens is 1. The van der Waals surface area contributed by atoms with Gasteiger partial charge in [-0.2, -0.15) is 0 Å². The van der Waals surface area contributed by atoms with Crippen LogP contribution in [0.1, 0.15) is 5.69 Å². The van der Waals surface area contributed by atoms with Crippen LogP contribution in [0.25, 0.3) is 0 Å². The van der Waals surface area contributed by atoms with Crippen molar-refractivity contribution in [2.45, 2.75) is 11.4 Å². The van der Waals surface area contributed by atoms with Crippen molar-refractivity contribution in [2.24, 2.45) is 5.73 Å². The Morgan fingerprint density at radius 1 is 1.30 bits per heavy atom. The molecule has 0 saturated carbocycles. The fourth-order valence-corrected chi connectivity index (χ4v) is 2.99. The van der Waals surface area contributed by atoms with Crippen LogP contribution in [-0.2, 0) is 16.6 Å². The predicted molar refractivity (Wildman–Crippen MR) is 77.3 cm³/mol. The lowest BCUT2D eigenvalue weighted by Gasteiger charge is -2.18. The van der Waals surface area contributed by atoms with Crippen molar-refractivity contribution in [2.75, 3.05) is 18.5 Å². The molecule has 2 rings (SSSR count). The van der Waals surface area contributed by atoms with E-state index in [2.05, 4.69) is 4.98 Å². The van der Waals surface area contributed by atoms with Gasteiger partial charge < -0.3 is 15.5 Å². The van der Waals surface area contributed by atoms with E-state index in [9.17, 15) is 8.42 Å². The Balaban J connectivity index is 2.32. The minimum Gasteiger partial charge on any atom is -0.497 e. The molecule has 1 aromatic carbocycles. The van der Waals surface area contributed by atoms with E-state index in [1.807, 2.05) is 0 Å². The summed E-state index contributed by atoms with van der Waals surface area (Å²) >= 11 is 0. The lowest BCUT2D eigenvalue weighted by molar-refractivity contribution is 0.415.